The third kappa shape index (κ3) is 5.67. The molecule has 0 aliphatic carbocycles. The number of amides is 2. The molecular weight excluding hydrogens is 516 g/mol. The summed E-state index contributed by atoms with van der Waals surface area (Å²) in [5.41, 5.74) is 3.67. The number of carbonyl (C=O) groups excluding carboxylic acids is 2. The van der Waals surface area contributed by atoms with E-state index in [9.17, 15) is 9.59 Å². The van der Waals surface area contributed by atoms with Crippen molar-refractivity contribution in [2.24, 2.45) is 0 Å². The van der Waals surface area contributed by atoms with Crippen LogP contribution in [-0.4, -0.2) is 48.0 Å². The van der Waals surface area contributed by atoms with Gasteiger partial charge in [0.05, 0.1) is 35.1 Å². The molecule has 1 saturated heterocycles. The van der Waals surface area contributed by atoms with Gasteiger partial charge in [-0.1, -0.05) is 17.7 Å². The van der Waals surface area contributed by atoms with E-state index >= 15 is 0 Å². The van der Waals surface area contributed by atoms with Crippen molar-refractivity contribution in [2.75, 3.05) is 36.9 Å². The summed E-state index contributed by atoms with van der Waals surface area (Å²) in [6.07, 6.45) is 2.02. The van der Waals surface area contributed by atoms with E-state index in [0.29, 0.717) is 52.2 Å². The number of likely N-dealkylation sites (tertiary alicyclic amines) is 1. The second-order valence-electron chi connectivity index (χ2n) is 9.65. The number of halogens is 1. The van der Waals surface area contributed by atoms with Crippen molar-refractivity contribution in [2.45, 2.75) is 19.4 Å². The van der Waals surface area contributed by atoms with Gasteiger partial charge in [0.15, 0.2) is 11.5 Å². The zero-order valence-electron chi connectivity index (χ0n) is 21.2. The fraction of sp³-hybridized carbons (Fsp3) is 0.233. The molecule has 39 heavy (non-hydrogen) atoms. The quantitative estimate of drug-likeness (QED) is 0.322. The molecule has 0 atom stereocenters. The van der Waals surface area contributed by atoms with Crippen LogP contribution in [0.5, 0.6) is 11.5 Å². The van der Waals surface area contributed by atoms with E-state index in [1.165, 1.54) is 6.42 Å². The molecule has 4 aromatic rings. The normalized spacial score (nSPS) is 14.8. The standard InChI is InChI=1S/C30H27ClN4O4/c31-24-8-7-22(33-29(36)21-5-10-27-28(16-21)39-14-2-13-38-27)17-26(24)34-30(37)20-4-9-25-19(15-20)3-6-23(32-25)18-35-11-1-12-35/h3-10,15-17H,1-2,11-14,18H2,(H,33,36)(H,34,37). The highest BCUT2D eigenvalue weighted by Gasteiger charge is 2.17. The summed E-state index contributed by atoms with van der Waals surface area (Å²) in [6.45, 7) is 4.19. The van der Waals surface area contributed by atoms with Crippen molar-refractivity contribution >= 4 is 45.7 Å². The summed E-state index contributed by atoms with van der Waals surface area (Å²) in [7, 11) is 0. The number of anilines is 2. The molecule has 2 aliphatic heterocycles. The van der Waals surface area contributed by atoms with Crippen molar-refractivity contribution in [3.05, 3.63) is 88.6 Å². The topological polar surface area (TPSA) is 92.8 Å². The number of aromatic nitrogens is 1. The average molecular weight is 543 g/mol. The first-order chi connectivity index (χ1) is 19.0. The first kappa shape index (κ1) is 25.2. The molecule has 1 aromatic heterocycles. The van der Waals surface area contributed by atoms with Crippen LogP contribution >= 0.6 is 11.6 Å². The minimum absolute atomic E-state index is 0.310. The molecule has 0 unspecified atom stereocenters. The lowest BCUT2D eigenvalue weighted by Crippen LogP contribution is -2.36. The third-order valence-electron chi connectivity index (χ3n) is 6.83. The average Bonchev–Trinajstić information content (AvgIpc) is 3.17. The van der Waals surface area contributed by atoms with Crippen LogP contribution in [0.3, 0.4) is 0 Å². The number of ether oxygens (including phenoxy) is 2. The molecular formula is C30H27ClN4O4. The zero-order chi connectivity index (χ0) is 26.8. The fourth-order valence-corrected chi connectivity index (χ4v) is 4.73. The minimum Gasteiger partial charge on any atom is -0.490 e. The Morgan fingerprint density at radius 2 is 1.59 bits per heavy atom. The Hall–Kier alpha value is -4.14. The lowest BCUT2D eigenvalue weighted by atomic mass is 10.1. The van der Waals surface area contributed by atoms with Gasteiger partial charge < -0.3 is 20.1 Å². The summed E-state index contributed by atoms with van der Waals surface area (Å²) in [5, 5.41) is 6.96. The number of hydrogen-bond donors (Lipinski definition) is 2. The van der Waals surface area contributed by atoms with Gasteiger partial charge in [-0.25, -0.2) is 0 Å². The maximum atomic E-state index is 13.1. The summed E-state index contributed by atoms with van der Waals surface area (Å²) in [6, 6.07) is 19.4. The lowest BCUT2D eigenvalue weighted by molar-refractivity contribution is 0.101. The monoisotopic (exact) mass is 542 g/mol. The predicted octanol–water partition coefficient (Wildman–Crippen LogP) is 5.76. The van der Waals surface area contributed by atoms with Crippen LogP contribution < -0.4 is 20.1 Å². The molecule has 0 radical (unpaired) electrons. The van der Waals surface area contributed by atoms with Crippen molar-refractivity contribution < 1.29 is 19.1 Å². The lowest BCUT2D eigenvalue weighted by Gasteiger charge is -2.30. The second-order valence-corrected chi connectivity index (χ2v) is 10.1. The number of benzene rings is 3. The van der Waals surface area contributed by atoms with Crippen LogP contribution in [0, 0.1) is 0 Å². The number of rotatable bonds is 6. The van der Waals surface area contributed by atoms with Crippen LogP contribution in [0.4, 0.5) is 11.4 Å². The molecule has 2 amide bonds. The zero-order valence-corrected chi connectivity index (χ0v) is 22.0. The Morgan fingerprint density at radius 1 is 0.821 bits per heavy atom. The largest absolute Gasteiger partial charge is 0.490 e. The fourth-order valence-electron chi connectivity index (χ4n) is 4.57. The Morgan fingerprint density at radius 3 is 2.41 bits per heavy atom. The smallest absolute Gasteiger partial charge is 0.255 e. The van der Waals surface area contributed by atoms with Gasteiger partial charge in [-0.2, -0.15) is 0 Å². The number of pyridine rings is 1. The highest BCUT2D eigenvalue weighted by molar-refractivity contribution is 6.34. The van der Waals surface area contributed by atoms with Crippen LogP contribution in [0.1, 0.15) is 39.3 Å². The molecule has 2 aliphatic rings. The SMILES string of the molecule is O=C(Nc1ccc(Cl)c(NC(=O)c2ccc3nc(CN4CCC4)ccc3c2)c1)c1ccc2c(c1)OCCCO2. The third-order valence-corrected chi connectivity index (χ3v) is 7.16. The van der Waals surface area contributed by atoms with Gasteiger partial charge in [0.2, 0.25) is 0 Å². The number of nitrogens with one attached hydrogen (secondary N) is 2. The first-order valence-corrected chi connectivity index (χ1v) is 13.3. The molecule has 1 fully saturated rings. The van der Waals surface area contributed by atoms with E-state index in [2.05, 4.69) is 15.5 Å². The molecule has 8 nitrogen and oxygen atoms in total. The maximum Gasteiger partial charge on any atom is 0.255 e. The van der Waals surface area contributed by atoms with Crippen molar-refractivity contribution in [1.82, 2.24) is 9.88 Å². The Kier molecular flexibility index (Phi) is 7.04. The van der Waals surface area contributed by atoms with Gasteiger partial charge >= 0.3 is 0 Å². The first-order valence-electron chi connectivity index (χ1n) is 13.0. The maximum absolute atomic E-state index is 13.1. The van der Waals surface area contributed by atoms with Gasteiger partial charge in [-0.3, -0.25) is 19.5 Å². The summed E-state index contributed by atoms with van der Waals surface area (Å²) in [4.78, 5) is 33.1. The summed E-state index contributed by atoms with van der Waals surface area (Å²) in [5.74, 6) is 0.537. The van der Waals surface area contributed by atoms with E-state index in [1.54, 1.807) is 42.5 Å². The molecule has 6 rings (SSSR count). The molecule has 2 N–H and O–H groups in total. The summed E-state index contributed by atoms with van der Waals surface area (Å²) < 4.78 is 11.3. The van der Waals surface area contributed by atoms with Crippen LogP contribution in [0.25, 0.3) is 10.9 Å². The molecule has 3 heterocycles. The van der Waals surface area contributed by atoms with Crippen molar-refractivity contribution in [3.8, 4) is 11.5 Å². The van der Waals surface area contributed by atoms with Gasteiger partial charge in [-0.05, 0) is 80.2 Å². The van der Waals surface area contributed by atoms with E-state index in [0.717, 1.165) is 42.7 Å². The molecule has 3 aromatic carbocycles. The van der Waals surface area contributed by atoms with Gasteiger partial charge in [0.1, 0.15) is 0 Å². The Balaban J connectivity index is 1.15. The molecule has 9 heteroatoms. The highest BCUT2D eigenvalue weighted by atomic mass is 35.5. The van der Waals surface area contributed by atoms with Gasteiger partial charge in [0, 0.05) is 35.2 Å². The minimum atomic E-state index is -0.319. The predicted molar refractivity (Wildman–Crippen MR) is 151 cm³/mol. The molecule has 198 valence electrons. The van der Waals surface area contributed by atoms with Crippen LogP contribution in [-0.2, 0) is 6.54 Å². The van der Waals surface area contributed by atoms with Gasteiger partial charge in [-0.15, -0.1) is 0 Å². The van der Waals surface area contributed by atoms with E-state index in [-0.39, 0.29) is 11.8 Å². The number of fused-ring (bicyclic) bond motifs is 2. The highest BCUT2D eigenvalue weighted by Crippen LogP contribution is 2.31. The molecule has 0 bridgehead atoms. The van der Waals surface area contributed by atoms with E-state index in [4.69, 9.17) is 26.1 Å². The number of carbonyl (C=O) groups is 2. The Bertz CT molecular complexity index is 1570. The van der Waals surface area contributed by atoms with Gasteiger partial charge in [0.25, 0.3) is 11.8 Å². The van der Waals surface area contributed by atoms with Crippen LogP contribution in [0.2, 0.25) is 5.02 Å². The van der Waals surface area contributed by atoms with E-state index < -0.39 is 0 Å². The molecule has 0 saturated carbocycles. The van der Waals surface area contributed by atoms with Crippen LogP contribution in [0.15, 0.2) is 66.7 Å². The number of hydrogen-bond acceptors (Lipinski definition) is 6. The second kappa shape index (κ2) is 10.9. The van der Waals surface area contributed by atoms with E-state index in [1.807, 2.05) is 24.3 Å². The Labute approximate surface area is 230 Å². The van der Waals surface area contributed by atoms with Crippen molar-refractivity contribution in [1.29, 1.82) is 0 Å². The van der Waals surface area contributed by atoms with Crippen molar-refractivity contribution in [3.63, 3.8) is 0 Å². The number of nitrogens with zero attached hydrogens (tertiary/aromatic N) is 2. The summed E-state index contributed by atoms with van der Waals surface area (Å²) >= 11 is 6.37. The molecule has 0 spiro atoms.